The summed E-state index contributed by atoms with van der Waals surface area (Å²) in [6.45, 7) is 33.4. The van der Waals surface area contributed by atoms with Gasteiger partial charge in [-0.1, -0.05) is 143 Å². The number of hydrogen-bond acceptors (Lipinski definition) is 25. The van der Waals surface area contributed by atoms with Crippen molar-refractivity contribution >= 4 is 112 Å². The van der Waals surface area contributed by atoms with Gasteiger partial charge in [-0.25, -0.2) is 33.6 Å². The molecule has 0 radical (unpaired) electrons. The van der Waals surface area contributed by atoms with E-state index in [1.54, 1.807) is 93.6 Å². The van der Waals surface area contributed by atoms with Crippen molar-refractivity contribution in [3.8, 4) is 59.9 Å². The van der Waals surface area contributed by atoms with Gasteiger partial charge in [0.2, 0.25) is 5.76 Å². The van der Waals surface area contributed by atoms with Gasteiger partial charge in [0.25, 0.3) is 5.76 Å². The van der Waals surface area contributed by atoms with E-state index in [0.717, 1.165) is 42.9 Å². The number of allylic oxidation sites excluding steroid dienone is 15. The molecule has 34 heteroatoms. The first-order valence-corrected chi connectivity index (χ1v) is 45.0. The lowest BCUT2D eigenvalue weighted by atomic mass is 9.81. The minimum absolute atomic E-state index is 0.0178. The molecule has 0 aromatic heterocycles. The monoisotopic (exact) mass is 2000 g/mol. The highest BCUT2D eigenvalue weighted by Gasteiger charge is 2.51. The van der Waals surface area contributed by atoms with Crippen LogP contribution in [0.2, 0.25) is 0 Å². The Labute approximate surface area is 840 Å². The van der Waals surface area contributed by atoms with Crippen molar-refractivity contribution in [1.29, 1.82) is 0 Å². The Morgan fingerprint density at radius 3 is 1.19 bits per heavy atom. The van der Waals surface area contributed by atoms with Gasteiger partial charge < -0.3 is 79.2 Å². The standard InChI is InChI=1S/C19H24O7.C13H18O3.C13H14O3.C11H8O3.C10H12O3.C10H8O.C9H10O5.C9H10O3.C7H10O3.C5H6O3.2C2H6/c1-4-6-8-23-12-25-17-10-15(14(3)20)16(19(21)22)11-18(17)26-13-24-9-7-5-2;2*1-4-6-8-11(10(3)14)12(13(15)16)9-7-5-2;1-3-8-4-5-9(7(2)12)10(6-8)11(13)14;1-5(11)8-6-2-3-7(4-6)9(8)10(12)13;1-3-9-4-6-10(7-5-9)8(2)11;1-6(10)7-8(9(11)12)14-5-3-2-4-13-7;10-4-7-5-1-2-6(3-5)8(7)9(11)12;1-3-6(7(9)10)4-5(2)8;1-4(6)2-3-5(7)8;2*1-2/h4-7,10-11H,8-9,12-13H2,1-3H3,(H,21,22);4-7H,8-9H2,1-3H3,(H,15,16);8-9H2,1-3H3,(H,15,16);1,4-6H,2H3,(H,13,14);2-3,6-9H,4H2,1H3,(H,12,13);1,4-7H,2H3;2-3H,4-5H2,1H3,(H,11,12);1-2,4-8H,3H2,(H,11,12);4H,3H2,1-2H3,(H,9,10);2-3H,1H3,(H,7,8);2*1-2H3/b;6-4?,7-5?,12-11-;12-11-;;;;3-2-,8-7-;;6-4-;3-2-;;. The number of carbonyl (C=O) groups excluding carboxylic acids is 10. The lowest BCUT2D eigenvalue weighted by Gasteiger charge is -2.21. The molecule has 144 heavy (non-hydrogen) atoms. The van der Waals surface area contributed by atoms with Crippen LogP contribution in [-0.4, -0.2) is 198 Å². The van der Waals surface area contributed by atoms with Crippen molar-refractivity contribution in [2.24, 2.45) is 47.3 Å². The van der Waals surface area contributed by atoms with Gasteiger partial charge in [0.05, 0.1) is 41.7 Å². The summed E-state index contributed by atoms with van der Waals surface area (Å²) in [4.78, 5) is 206. The molecule has 2 fully saturated rings. The predicted molar refractivity (Wildman–Crippen MR) is 538 cm³/mol. The highest BCUT2D eigenvalue weighted by molar-refractivity contribution is 6.07. The molecule has 8 unspecified atom stereocenters. The molecule has 776 valence electrons. The zero-order valence-corrected chi connectivity index (χ0v) is 84.8. The molecule has 0 spiro atoms. The number of fused-ring (bicyclic) bond motifs is 4. The third-order valence-electron chi connectivity index (χ3n) is 19.7. The summed E-state index contributed by atoms with van der Waals surface area (Å²) in [5, 5.41) is 79.1. The van der Waals surface area contributed by atoms with Gasteiger partial charge in [0, 0.05) is 87.8 Å². The van der Waals surface area contributed by atoms with Crippen molar-refractivity contribution in [2.75, 3.05) is 40.0 Å². The maximum Gasteiger partial charge on any atom is 0.375 e. The van der Waals surface area contributed by atoms with E-state index in [1.165, 1.54) is 86.6 Å². The number of hydrogen-bond donors (Lipinski definition) is 9. The molecule has 3 aromatic carbocycles. The fourth-order valence-electron chi connectivity index (χ4n) is 13.0. The van der Waals surface area contributed by atoms with Crippen molar-refractivity contribution in [3.63, 3.8) is 0 Å². The molecule has 2 saturated carbocycles. The van der Waals surface area contributed by atoms with Crippen LogP contribution in [0.1, 0.15) is 246 Å². The molecular formula is C110H132O34. The quantitative estimate of drug-likeness (QED) is 0.00496. The summed E-state index contributed by atoms with van der Waals surface area (Å²) in [7, 11) is 0. The third-order valence-corrected chi connectivity index (χ3v) is 19.7. The first-order valence-electron chi connectivity index (χ1n) is 45.0. The molecule has 4 aliphatic carbocycles. The van der Waals surface area contributed by atoms with Crippen LogP contribution in [0, 0.1) is 95.7 Å². The number of rotatable bonds is 36. The number of ketones is 9. The van der Waals surface area contributed by atoms with Gasteiger partial charge in [-0.05, 0) is 219 Å². The average molecular weight is 2000 g/mol. The van der Waals surface area contributed by atoms with Gasteiger partial charge in [-0.3, -0.25) is 52.7 Å². The molecule has 9 N–H and O–H groups in total. The van der Waals surface area contributed by atoms with Crippen LogP contribution in [0.3, 0.4) is 0 Å². The van der Waals surface area contributed by atoms with E-state index in [1.807, 2.05) is 97.9 Å². The molecule has 0 amide bonds. The lowest BCUT2D eigenvalue weighted by Crippen LogP contribution is -2.31. The van der Waals surface area contributed by atoms with Gasteiger partial charge in [-0.2, -0.15) is 0 Å². The largest absolute Gasteiger partial charge is 0.482 e. The second-order valence-electron chi connectivity index (χ2n) is 29.9. The Bertz CT molecular complexity index is 5360. The van der Waals surface area contributed by atoms with Crippen LogP contribution in [0.15, 0.2) is 197 Å². The smallest absolute Gasteiger partial charge is 0.375 e. The van der Waals surface area contributed by atoms with Crippen LogP contribution >= 0.6 is 0 Å². The van der Waals surface area contributed by atoms with E-state index in [4.69, 9.17) is 82.1 Å². The molecular weight excluding hydrogens is 1870 g/mol. The van der Waals surface area contributed by atoms with Crippen LogP contribution < -0.4 is 9.47 Å². The second-order valence-corrected chi connectivity index (χ2v) is 29.9. The number of aliphatic carboxylic acids is 7. The van der Waals surface area contributed by atoms with Crippen LogP contribution in [-0.2, 0) is 86.1 Å². The molecule has 5 aliphatic rings. The Hall–Kier alpha value is -16.2. The number of carbonyl (C=O) groups is 19. The molecule has 1 heterocycles. The highest BCUT2D eigenvalue weighted by Crippen LogP contribution is 2.49. The Morgan fingerprint density at radius 1 is 0.438 bits per heavy atom. The first kappa shape index (κ1) is 134. The number of benzene rings is 3. The molecule has 0 saturated heterocycles. The summed E-state index contributed by atoms with van der Waals surface area (Å²) < 4.78 is 31.3. The Balaban J connectivity index is -0.000000764. The Kier molecular flexibility index (Phi) is 71.4. The molecule has 3 aromatic rings. The number of terminal acetylenes is 2. The number of aromatic carboxylic acids is 2. The van der Waals surface area contributed by atoms with Crippen molar-refractivity contribution in [1.82, 2.24) is 0 Å². The van der Waals surface area contributed by atoms with Crippen LogP contribution in [0.4, 0.5) is 0 Å². The SMILES string of the molecule is C#Cc1ccc(C(C)=O)c(C(=O)O)c1.C#Cc1ccc(C(C)=O)cc1.CC.CC.CC#CC/C(C(C)=O)=C(\CC#CC)C(=O)O.CC(=O)/C1=C(\C(=O)O)OC/C=C\CO1.CC(=O)/C=C\C(=O)O.CC(=O)C1C2C=CC(C2)C1C(=O)O.CC/C(=C/C(C)=O)C(=O)O.CC=CC/C(C(C)=O)=C(\CC=CC)C(=O)O.CC=CCOCOc1cc(C(C)=O)c(C(=O)O)cc1OCOCC=CC.O=CC1C2C=CC(C2)C1C(=O)O. The first-order chi connectivity index (χ1) is 68.1. The summed E-state index contributed by atoms with van der Waals surface area (Å²) in [5.74, 6) is 2.63. The maximum atomic E-state index is 11.7. The van der Waals surface area contributed by atoms with Crippen LogP contribution in [0.25, 0.3) is 0 Å². The van der Waals surface area contributed by atoms with Crippen molar-refractivity contribution < 1.29 is 165 Å². The molecule has 34 nitrogen and oxygen atoms in total. The van der Waals surface area contributed by atoms with Gasteiger partial charge >= 0.3 is 53.7 Å². The fraction of sp³-hybridized carbons (Fsp3) is 0.373. The highest BCUT2D eigenvalue weighted by atomic mass is 16.7. The molecule has 1 aliphatic heterocycles. The normalized spacial score (nSPS) is 17.2. The predicted octanol–water partition coefficient (Wildman–Crippen LogP) is 17.1. The minimum Gasteiger partial charge on any atom is -0.482 e. The van der Waals surface area contributed by atoms with Gasteiger partial charge in [0.1, 0.15) is 25.3 Å². The Morgan fingerprint density at radius 2 is 0.854 bits per heavy atom. The third kappa shape index (κ3) is 52.7. The second kappa shape index (κ2) is 76.7. The molecule has 8 atom stereocenters. The van der Waals surface area contributed by atoms with Gasteiger partial charge in [0.15, 0.2) is 71.4 Å². The summed E-state index contributed by atoms with van der Waals surface area (Å²) in [5.41, 5.74) is 2.95. The van der Waals surface area contributed by atoms with E-state index < -0.39 is 82.9 Å². The van der Waals surface area contributed by atoms with E-state index in [-0.39, 0.29) is 184 Å². The zero-order valence-electron chi connectivity index (χ0n) is 84.8. The molecule has 8 rings (SSSR count). The average Bonchev–Trinajstić information content (AvgIpc) is 1.62. The van der Waals surface area contributed by atoms with Crippen molar-refractivity contribution in [2.45, 2.75) is 183 Å². The number of aldehydes is 1. The van der Waals surface area contributed by atoms with Crippen LogP contribution in [0.5, 0.6) is 11.5 Å². The van der Waals surface area contributed by atoms with Gasteiger partial charge in [-0.15, -0.1) is 24.7 Å². The summed E-state index contributed by atoms with van der Waals surface area (Å²) in [6.07, 6.45) is 42.5. The van der Waals surface area contributed by atoms with E-state index in [9.17, 15) is 96.2 Å². The minimum atomic E-state index is -1.30. The summed E-state index contributed by atoms with van der Waals surface area (Å²) in [6, 6.07) is 13.9. The lowest BCUT2D eigenvalue weighted by molar-refractivity contribution is -0.147. The van der Waals surface area contributed by atoms with E-state index in [2.05, 4.69) is 35.5 Å². The fourth-order valence-corrected chi connectivity index (χ4v) is 13.0. The number of carboxylic acids is 9. The maximum absolute atomic E-state index is 11.7. The zero-order chi connectivity index (χ0) is 111. The number of carboxylic acid groups (broad SMARTS) is 9. The number of ether oxygens (including phenoxy) is 6. The molecule has 4 bridgehead atoms. The van der Waals surface area contributed by atoms with Crippen molar-refractivity contribution in [3.05, 3.63) is 236 Å². The summed E-state index contributed by atoms with van der Waals surface area (Å²) >= 11 is 0. The number of Topliss-reactive ketones (excluding diaryl/α,β-unsaturated/α-hetero) is 7. The topological polar surface area (TPSA) is 562 Å². The van der Waals surface area contributed by atoms with E-state index in [0.29, 0.717) is 42.8 Å². The van der Waals surface area contributed by atoms with E-state index >= 15 is 0 Å².